The third-order valence-corrected chi connectivity index (χ3v) is 1.71. The smallest absolute Gasteiger partial charge is 0.0227 e. The van der Waals surface area contributed by atoms with Gasteiger partial charge in [0.05, 0.1) is 0 Å². The van der Waals surface area contributed by atoms with Crippen molar-refractivity contribution < 1.29 is 0 Å². The molecule has 0 heterocycles. The van der Waals surface area contributed by atoms with Gasteiger partial charge in [-0.05, 0) is 19.3 Å². The molecule has 2 atom stereocenters. The van der Waals surface area contributed by atoms with Crippen LogP contribution in [0.15, 0.2) is 0 Å². The summed E-state index contributed by atoms with van der Waals surface area (Å²) in [4.78, 5) is 0. The van der Waals surface area contributed by atoms with Gasteiger partial charge in [0.15, 0.2) is 0 Å². The highest BCUT2D eigenvalue weighted by Crippen LogP contribution is 2.15. The van der Waals surface area contributed by atoms with E-state index in [1.54, 1.807) is 0 Å². The van der Waals surface area contributed by atoms with Crippen molar-refractivity contribution in [1.29, 1.82) is 0 Å². The van der Waals surface area contributed by atoms with Gasteiger partial charge in [-0.25, -0.2) is 0 Å². The Labute approximate surface area is 50.2 Å². The van der Waals surface area contributed by atoms with Crippen molar-refractivity contribution in [3.63, 3.8) is 0 Å². The van der Waals surface area contributed by atoms with Gasteiger partial charge in [0.1, 0.15) is 0 Å². The molecule has 1 aliphatic rings. The quantitative estimate of drug-likeness (QED) is 0.489. The number of nitrogens with one attached hydrogen (secondary N) is 1. The lowest BCUT2D eigenvalue weighted by Gasteiger charge is -2.21. The minimum Gasteiger partial charge on any atom is -0.328 e. The van der Waals surface area contributed by atoms with Crippen LogP contribution in [-0.2, 0) is 0 Å². The molecule has 0 aromatic carbocycles. The van der Waals surface area contributed by atoms with Crippen LogP contribution in [0.2, 0.25) is 0 Å². The Hall–Kier alpha value is -0.0800. The molecule has 0 saturated heterocycles. The summed E-state index contributed by atoms with van der Waals surface area (Å²) in [6.07, 6.45) is 4.28. The maximum atomic E-state index is 7.32. The molecule has 3 N–H and O–H groups in total. The van der Waals surface area contributed by atoms with Gasteiger partial charge < -0.3 is 5.73 Å². The molecule has 1 saturated carbocycles. The zero-order chi connectivity index (χ0) is 5.98. The molecule has 2 unspecified atom stereocenters. The zero-order valence-corrected chi connectivity index (χ0v) is 5.06. The average molecular weight is 113 g/mol. The minimum atomic E-state index is 0.138. The molecule has 8 heavy (non-hydrogen) atoms. The maximum absolute atomic E-state index is 7.32. The number of hydrogen-bond donors (Lipinski definition) is 1. The third-order valence-electron chi connectivity index (χ3n) is 1.71. The first-order valence-electron chi connectivity index (χ1n) is 3.26. The van der Waals surface area contributed by atoms with Crippen LogP contribution in [0.25, 0.3) is 0 Å². The zero-order valence-electron chi connectivity index (χ0n) is 5.06. The molecule has 47 valence electrons. The van der Waals surface area contributed by atoms with Crippen LogP contribution in [0.3, 0.4) is 0 Å². The molecule has 2 nitrogen and oxygen atoms in total. The molecular formula is C6H13N2. The average Bonchev–Trinajstić information content (AvgIpc) is 1.64. The van der Waals surface area contributed by atoms with Gasteiger partial charge >= 0.3 is 0 Å². The second kappa shape index (κ2) is 2.46. The fraction of sp³-hybridized carbons (Fsp3) is 1.00. The largest absolute Gasteiger partial charge is 0.328 e. The summed E-state index contributed by atoms with van der Waals surface area (Å²) < 4.78 is 0. The Morgan fingerprint density at radius 1 is 1.38 bits per heavy atom. The van der Waals surface area contributed by atoms with Crippen LogP contribution < -0.4 is 11.5 Å². The van der Waals surface area contributed by atoms with Gasteiger partial charge in [0, 0.05) is 12.1 Å². The summed E-state index contributed by atoms with van der Waals surface area (Å²) in [7, 11) is 0. The van der Waals surface area contributed by atoms with Gasteiger partial charge in [0.2, 0.25) is 0 Å². The molecule has 0 aliphatic heterocycles. The van der Waals surface area contributed by atoms with Crippen molar-refractivity contribution in [2.75, 3.05) is 0 Å². The molecule has 0 bridgehead atoms. The van der Waals surface area contributed by atoms with E-state index in [1.165, 1.54) is 0 Å². The molecular weight excluding hydrogens is 100 g/mol. The van der Waals surface area contributed by atoms with E-state index in [1.807, 2.05) is 0 Å². The van der Waals surface area contributed by atoms with Gasteiger partial charge in [0.25, 0.3) is 0 Å². The summed E-state index contributed by atoms with van der Waals surface area (Å²) >= 11 is 0. The van der Waals surface area contributed by atoms with E-state index in [0.29, 0.717) is 6.04 Å². The number of rotatable bonds is 0. The summed E-state index contributed by atoms with van der Waals surface area (Å²) in [5.74, 6) is 0. The lowest BCUT2D eigenvalue weighted by Crippen LogP contribution is -2.31. The second-order valence-electron chi connectivity index (χ2n) is 2.62. The van der Waals surface area contributed by atoms with Crippen molar-refractivity contribution in [3.05, 3.63) is 0 Å². The van der Waals surface area contributed by atoms with Gasteiger partial charge in [-0.1, -0.05) is 6.42 Å². The minimum absolute atomic E-state index is 0.138. The normalized spacial score (nSPS) is 39.8. The van der Waals surface area contributed by atoms with Crippen LogP contribution in [0.4, 0.5) is 0 Å². The Kier molecular flexibility index (Phi) is 1.86. The number of nitrogens with two attached hydrogens (primary N) is 1. The SMILES string of the molecule is [NH]C1CCCC(N)C1. The molecule has 1 radical (unpaired) electrons. The predicted octanol–water partition coefficient (Wildman–Crippen LogP) is 0.539. The molecule has 2 heteroatoms. The van der Waals surface area contributed by atoms with Crippen molar-refractivity contribution in [1.82, 2.24) is 5.73 Å². The Bertz CT molecular complexity index is 64.9. The summed E-state index contributed by atoms with van der Waals surface area (Å²) in [6, 6.07) is 0.463. The Morgan fingerprint density at radius 2 is 2.12 bits per heavy atom. The third kappa shape index (κ3) is 1.46. The van der Waals surface area contributed by atoms with Gasteiger partial charge in [-0.2, -0.15) is 0 Å². The van der Waals surface area contributed by atoms with E-state index in [9.17, 15) is 0 Å². The first-order chi connectivity index (χ1) is 3.79. The second-order valence-corrected chi connectivity index (χ2v) is 2.62. The van der Waals surface area contributed by atoms with Crippen molar-refractivity contribution in [2.45, 2.75) is 37.8 Å². The van der Waals surface area contributed by atoms with Crippen LogP contribution >= 0.6 is 0 Å². The molecule has 1 fully saturated rings. The topological polar surface area (TPSA) is 49.8 Å². The molecule has 0 aromatic rings. The van der Waals surface area contributed by atoms with Crippen molar-refractivity contribution in [2.24, 2.45) is 5.73 Å². The summed E-state index contributed by atoms with van der Waals surface area (Å²) in [5.41, 5.74) is 12.9. The van der Waals surface area contributed by atoms with E-state index < -0.39 is 0 Å². The van der Waals surface area contributed by atoms with E-state index in [-0.39, 0.29) is 6.04 Å². The lowest BCUT2D eigenvalue weighted by atomic mass is 9.92. The van der Waals surface area contributed by atoms with E-state index in [2.05, 4.69) is 0 Å². The van der Waals surface area contributed by atoms with Crippen molar-refractivity contribution >= 4 is 0 Å². The Morgan fingerprint density at radius 3 is 2.50 bits per heavy atom. The fourth-order valence-corrected chi connectivity index (χ4v) is 1.23. The molecule has 1 rings (SSSR count). The fourth-order valence-electron chi connectivity index (χ4n) is 1.23. The van der Waals surface area contributed by atoms with Crippen LogP contribution in [0.5, 0.6) is 0 Å². The predicted molar refractivity (Wildman–Crippen MR) is 33.3 cm³/mol. The highest BCUT2D eigenvalue weighted by Gasteiger charge is 2.15. The summed E-state index contributed by atoms with van der Waals surface area (Å²) in [5, 5.41) is 0. The summed E-state index contributed by atoms with van der Waals surface area (Å²) in [6.45, 7) is 0. The first kappa shape index (κ1) is 6.05. The van der Waals surface area contributed by atoms with Crippen molar-refractivity contribution in [3.8, 4) is 0 Å². The number of hydrogen-bond acceptors (Lipinski definition) is 1. The molecule has 0 spiro atoms. The standard InChI is InChI=1S/C6H13N2/c7-5-2-1-3-6(8)4-5/h5-7H,1-4,8H2. The highest BCUT2D eigenvalue weighted by molar-refractivity contribution is 4.75. The lowest BCUT2D eigenvalue weighted by molar-refractivity contribution is 0.385. The van der Waals surface area contributed by atoms with Crippen LogP contribution in [0, 0.1) is 0 Å². The van der Waals surface area contributed by atoms with Crippen LogP contribution in [0.1, 0.15) is 25.7 Å². The molecule has 0 aromatic heterocycles. The first-order valence-corrected chi connectivity index (χ1v) is 3.26. The molecule has 0 amide bonds. The Balaban J connectivity index is 2.23. The molecule has 1 aliphatic carbocycles. The van der Waals surface area contributed by atoms with Crippen LogP contribution in [-0.4, -0.2) is 12.1 Å². The monoisotopic (exact) mass is 113 g/mol. The highest BCUT2D eigenvalue weighted by atomic mass is 14.7. The van der Waals surface area contributed by atoms with Gasteiger partial charge in [-0.15, -0.1) is 0 Å². The van der Waals surface area contributed by atoms with E-state index in [0.717, 1.165) is 25.7 Å². The maximum Gasteiger partial charge on any atom is 0.0227 e. The van der Waals surface area contributed by atoms with E-state index in [4.69, 9.17) is 11.5 Å². The van der Waals surface area contributed by atoms with E-state index >= 15 is 0 Å². The van der Waals surface area contributed by atoms with Gasteiger partial charge in [-0.3, -0.25) is 5.73 Å².